The summed E-state index contributed by atoms with van der Waals surface area (Å²) in [6.07, 6.45) is 1.82. The maximum Gasteiger partial charge on any atom is 0.227 e. The molecule has 0 spiro atoms. The molecule has 0 unspecified atom stereocenters. The lowest BCUT2D eigenvalue weighted by atomic mass is 10.2. The van der Waals surface area contributed by atoms with Gasteiger partial charge in [-0.1, -0.05) is 18.2 Å². The molecule has 1 aliphatic rings. The average Bonchev–Trinajstić information content (AvgIpc) is 2.60. The summed E-state index contributed by atoms with van der Waals surface area (Å²) in [5, 5.41) is 13.4. The van der Waals surface area contributed by atoms with Gasteiger partial charge in [0.1, 0.15) is 5.82 Å². The van der Waals surface area contributed by atoms with E-state index in [0.717, 1.165) is 55.4 Å². The monoisotopic (exact) mass is 313 g/mol. The van der Waals surface area contributed by atoms with Crippen molar-refractivity contribution >= 4 is 22.7 Å². The van der Waals surface area contributed by atoms with E-state index in [0.29, 0.717) is 6.54 Å². The van der Waals surface area contributed by atoms with Gasteiger partial charge in [0.2, 0.25) is 5.95 Å². The number of rotatable bonds is 6. The number of fused-ring (bicyclic) bond motifs is 1. The van der Waals surface area contributed by atoms with Crippen LogP contribution in [0, 0.1) is 0 Å². The summed E-state index contributed by atoms with van der Waals surface area (Å²) in [6.45, 7) is 8.96. The number of aromatic nitrogens is 2. The van der Waals surface area contributed by atoms with Crippen molar-refractivity contribution in [2.24, 2.45) is 0 Å². The topological polar surface area (TPSA) is 64.5 Å². The van der Waals surface area contributed by atoms with Crippen LogP contribution in [0.25, 0.3) is 10.9 Å². The fourth-order valence-corrected chi connectivity index (χ4v) is 2.82. The molecule has 0 atom stereocenters. The van der Waals surface area contributed by atoms with E-state index in [9.17, 15) is 0 Å². The minimum Gasteiger partial charge on any atom is -0.395 e. The van der Waals surface area contributed by atoms with Crippen LogP contribution in [0.4, 0.5) is 11.8 Å². The first-order chi connectivity index (χ1) is 11.3. The van der Waals surface area contributed by atoms with Crippen molar-refractivity contribution < 1.29 is 5.11 Å². The molecule has 6 heteroatoms. The summed E-state index contributed by atoms with van der Waals surface area (Å²) in [6, 6.07) is 8.04. The third-order valence-corrected chi connectivity index (χ3v) is 4.08. The molecule has 1 aliphatic heterocycles. The van der Waals surface area contributed by atoms with Crippen molar-refractivity contribution in [2.45, 2.75) is 0 Å². The number of nitrogens with one attached hydrogen (secondary N) is 1. The van der Waals surface area contributed by atoms with Gasteiger partial charge in [0.05, 0.1) is 12.1 Å². The number of para-hydroxylation sites is 1. The second-order valence-electron chi connectivity index (χ2n) is 5.61. The lowest BCUT2D eigenvalue weighted by Gasteiger charge is -2.34. The van der Waals surface area contributed by atoms with Crippen molar-refractivity contribution in [3.63, 3.8) is 0 Å². The smallest absolute Gasteiger partial charge is 0.227 e. The number of hydrogen-bond acceptors (Lipinski definition) is 6. The molecule has 0 saturated carbocycles. The molecule has 2 heterocycles. The second-order valence-corrected chi connectivity index (χ2v) is 5.61. The Balaban J connectivity index is 1.85. The summed E-state index contributed by atoms with van der Waals surface area (Å²) in [5.74, 6) is 1.61. The maximum atomic E-state index is 9.04. The van der Waals surface area contributed by atoms with Crippen LogP contribution >= 0.6 is 0 Å². The van der Waals surface area contributed by atoms with Crippen molar-refractivity contribution in [3.8, 4) is 0 Å². The van der Waals surface area contributed by atoms with Gasteiger partial charge in [-0.15, -0.1) is 6.58 Å². The van der Waals surface area contributed by atoms with E-state index < -0.39 is 0 Å². The highest BCUT2D eigenvalue weighted by atomic mass is 16.3. The van der Waals surface area contributed by atoms with Gasteiger partial charge < -0.3 is 15.3 Å². The summed E-state index contributed by atoms with van der Waals surface area (Å²) < 4.78 is 0. The van der Waals surface area contributed by atoms with Gasteiger partial charge in [-0.05, 0) is 12.1 Å². The van der Waals surface area contributed by atoms with Gasteiger partial charge in [-0.25, -0.2) is 4.98 Å². The molecule has 2 N–H and O–H groups in total. The van der Waals surface area contributed by atoms with Crippen molar-refractivity contribution in [3.05, 3.63) is 36.9 Å². The number of piperazine rings is 1. The molecule has 0 radical (unpaired) electrons. The number of aliphatic hydroxyl groups excluding tert-OH is 1. The SMILES string of the molecule is C=CCNc1nc(N2CCN(CCO)CC2)nc2ccccc12. The number of hydrogen-bond donors (Lipinski definition) is 2. The van der Waals surface area contributed by atoms with Crippen LogP contribution in [0.2, 0.25) is 0 Å². The summed E-state index contributed by atoms with van der Waals surface area (Å²) in [4.78, 5) is 13.9. The molecule has 23 heavy (non-hydrogen) atoms. The first-order valence-electron chi connectivity index (χ1n) is 8.01. The molecule has 1 aromatic carbocycles. The number of anilines is 2. The summed E-state index contributed by atoms with van der Waals surface area (Å²) >= 11 is 0. The molecule has 0 amide bonds. The maximum absolute atomic E-state index is 9.04. The van der Waals surface area contributed by atoms with Gasteiger partial charge >= 0.3 is 0 Å². The molecule has 3 rings (SSSR count). The Morgan fingerprint density at radius 1 is 1.17 bits per heavy atom. The van der Waals surface area contributed by atoms with Crippen LogP contribution < -0.4 is 10.2 Å². The Hall–Kier alpha value is -2.18. The fraction of sp³-hybridized carbons (Fsp3) is 0.412. The number of β-amino-alcohol motifs (C(OH)–C–C–N with tert-alkyl or cyclic N) is 1. The fourth-order valence-electron chi connectivity index (χ4n) is 2.82. The lowest BCUT2D eigenvalue weighted by Crippen LogP contribution is -2.47. The molecule has 2 aromatic rings. The zero-order chi connectivity index (χ0) is 16.1. The van der Waals surface area contributed by atoms with Crippen molar-refractivity contribution in [2.75, 3.05) is 56.1 Å². The third kappa shape index (κ3) is 3.60. The first-order valence-corrected chi connectivity index (χ1v) is 8.01. The van der Waals surface area contributed by atoms with Gasteiger partial charge in [-0.2, -0.15) is 4.98 Å². The molecule has 122 valence electrons. The van der Waals surface area contributed by atoms with E-state index in [1.165, 1.54) is 0 Å². The highest BCUT2D eigenvalue weighted by Gasteiger charge is 2.19. The molecular weight excluding hydrogens is 290 g/mol. The van der Waals surface area contributed by atoms with E-state index in [-0.39, 0.29) is 6.61 Å². The number of aliphatic hydroxyl groups is 1. The molecule has 0 bridgehead atoms. The van der Waals surface area contributed by atoms with E-state index in [4.69, 9.17) is 15.1 Å². The third-order valence-electron chi connectivity index (χ3n) is 4.08. The Labute approximate surface area is 136 Å². The highest BCUT2D eigenvalue weighted by molar-refractivity contribution is 5.90. The van der Waals surface area contributed by atoms with E-state index >= 15 is 0 Å². The zero-order valence-corrected chi connectivity index (χ0v) is 13.3. The molecule has 1 saturated heterocycles. The van der Waals surface area contributed by atoms with E-state index in [1.54, 1.807) is 0 Å². The normalized spacial score (nSPS) is 15.8. The second kappa shape index (κ2) is 7.39. The van der Waals surface area contributed by atoms with Crippen LogP contribution in [0.3, 0.4) is 0 Å². The van der Waals surface area contributed by atoms with Gasteiger partial charge in [-0.3, -0.25) is 4.90 Å². The van der Waals surface area contributed by atoms with Crippen molar-refractivity contribution in [1.82, 2.24) is 14.9 Å². The Bertz CT molecular complexity index is 667. The number of nitrogens with zero attached hydrogens (tertiary/aromatic N) is 4. The predicted molar refractivity (Wildman–Crippen MR) is 94.0 cm³/mol. The largest absolute Gasteiger partial charge is 0.395 e. The van der Waals surface area contributed by atoms with Gasteiger partial charge in [0.25, 0.3) is 0 Å². The molecule has 0 aliphatic carbocycles. The molecular formula is C17H23N5O. The van der Waals surface area contributed by atoms with Crippen LogP contribution in [0.5, 0.6) is 0 Å². The first kappa shape index (κ1) is 15.7. The molecule has 1 fully saturated rings. The molecule has 6 nitrogen and oxygen atoms in total. The van der Waals surface area contributed by atoms with Crippen LogP contribution in [0.1, 0.15) is 0 Å². The average molecular weight is 313 g/mol. The lowest BCUT2D eigenvalue weighted by molar-refractivity contribution is 0.188. The Morgan fingerprint density at radius 3 is 2.70 bits per heavy atom. The minimum absolute atomic E-state index is 0.210. The quantitative estimate of drug-likeness (QED) is 0.785. The van der Waals surface area contributed by atoms with E-state index in [2.05, 4.69) is 21.7 Å². The predicted octanol–water partition coefficient (Wildman–Crippen LogP) is 1.34. The minimum atomic E-state index is 0.210. The Morgan fingerprint density at radius 2 is 1.96 bits per heavy atom. The van der Waals surface area contributed by atoms with Crippen molar-refractivity contribution in [1.29, 1.82) is 0 Å². The Kier molecular flexibility index (Phi) is 5.05. The van der Waals surface area contributed by atoms with Crippen LogP contribution in [0.15, 0.2) is 36.9 Å². The van der Waals surface area contributed by atoms with Gasteiger partial charge in [0.15, 0.2) is 0 Å². The summed E-state index contributed by atoms with van der Waals surface area (Å²) in [5.41, 5.74) is 0.946. The standard InChI is InChI=1S/C17H23N5O/c1-2-7-18-16-14-5-3-4-6-15(14)19-17(20-16)22-10-8-21(9-11-22)12-13-23/h2-6,23H,1,7-13H2,(H,18,19,20). The zero-order valence-electron chi connectivity index (χ0n) is 13.3. The highest BCUT2D eigenvalue weighted by Crippen LogP contribution is 2.24. The molecule has 1 aromatic heterocycles. The van der Waals surface area contributed by atoms with E-state index in [1.807, 2.05) is 30.3 Å². The van der Waals surface area contributed by atoms with Gasteiger partial charge in [0, 0.05) is 44.7 Å². The van der Waals surface area contributed by atoms with Crippen LogP contribution in [-0.2, 0) is 0 Å². The van der Waals surface area contributed by atoms with Crippen LogP contribution in [-0.4, -0.2) is 65.8 Å². The summed E-state index contributed by atoms with van der Waals surface area (Å²) in [7, 11) is 0. The number of benzene rings is 1.